The minimum absolute atomic E-state index is 0.0944. The summed E-state index contributed by atoms with van der Waals surface area (Å²) < 4.78 is 91.1. The zero-order valence-electron chi connectivity index (χ0n) is 21.5. The Hall–Kier alpha value is -0.700. The van der Waals surface area contributed by atoms with Gasteiger partial charge in [-0.15, -0.1) is 0 Å². The molecule has 3 aliphatic carbocycles. The van der Waals surface area contributed by atoms with Crippen LogP contribution in [0.5, 0.6) is 5.75 Å². The molecule has 0 atom stereocenters. The van der Waals surface area contributed by atoms with E-state index in [1.54, 1.807) is 0 Å². The van der Waals surface area contributed by atoms with E-state index in [1.807, 2.05) is 0 Å². The molecule has 3 fully saturated rings. The van der Waals surface area contributed by atoms with Crippen LogP contribution in [0.1, 0.15) is 131 Å². The van der Waals surface area contributed by atoms with Crippen molar-refractivity contribution in [1.29, 1.82) is 0 Å². The van der Waals surface area contributed by atoms with Gasteiger partial charge in [-0.2, -0.15) is 26.3 Å². The zero-order chi connectivity index (χ0) is 26.7. The molecule has 1 nitrogen and oxygen atoms in total. The summed E-state index contributed by atoms with van der Waals surface area (Å²) in [7, 11) is 0. The smallest absolute Gasteiger partial charge is 0.397 e. The number of hydrogen-bond acceptors (Lipinski definition) is 3. The van der Waals surface area contributed by atoms with Gasteiger partial charge in [-0.05, 0) is 79.2 Å². The minimum Gasteiger partial charge on any atom is -0.419 e. The maximum Gasteiger partial charge on any atom is 0.397 e. The van der Waals surface area contributed by atoms with E-state index in [1.165, 1.54) is 12.0 Å². The highest BCUT2D eigenvalue weighted by molar-refractivity contribution is 8.00. The Kier molecular flexibility index (Phi) is 9.67. The number of hydrogen-bond donors (Lipinski definition) is 0. The Bertz CT molecular complexity index is 852. The Morgan fingerprint density at radius 3 is 1.43 bits per heavy atom. The highest BCUT2D eigenvalue weighted by atomic mass is 32.2. The van der Waals surface area contributed by atoms with Crippen molar-refractivity contribution < 1.29 is 30.5 Å². The fraction of sp³-hybridized carbons (Fsp3) is 0.786. The van der Waals surface area contributed by atoms with Crippen LogP contribution in [0.15, 0.2) is 12.1 Å². The van der Waals surface area contributed by atoms with Crippen LogP contribution in [0.2, 0.25) is 0 Å². The molecule has 210 valence electrons. The average molecular weight is 569 g/mol. The number of halogens is 6. The Balaban J connectivity index is 1.74. The van der Waals surface area contributed by atoms with Gasteiger partial charge in [0.25, 0.3) is 0 Å². The van der Waals surface area contributed by atoms with E-state index < -0.39 is 40.2 Å². The predicted octanol–water partition coefficient (Wildman–Crippen LogP) is 11.0. The van der Waals surface area contributed by atoms with Gasteiger partial charge in [0.15, 0.2) is 0 Å². The first kappa shape index (κ1) is 29.3. The Morgan fingerprint density at radius 1 is 0.622 bits per heavy atom. The first-order valence-electron chi connectivity index (χ1n) is 13.8. The van der Waals surface area contributed by atoms with Crippen LogP contribution in [0.25, 0.3) is 0 Å². The number of rotatable bonds is 9. The lowest BCUT2D eigenvalue weighted by atomic mass is 9.75. The van der Waals surface area contributed by atoms with Crippen LogP contribution >= 0.6 is 23.8 Å². The van der Waals surface area contributed by atoms with Crippen LogP contribution in [-0.2, 0) is 0 Å². The van der Waals surface area contributed by atoms with Crippen molar-refractivity contribution in [3.05, 3.63) is 28.8 Å². The molecule has 0 saturated heterocycles. The van der Waals surface area contributed by atoms with Crippen LogP contribution in [0, 0.1) is 0 Å². The van der Waals surface area contributed by atoms with Crippen molar-refractivity contribution in [3.8, 4) is 5.75 Å². The summed E-state index contributed by atoms with van der Waals surface area (Å²) in [5, 5.41) is -10.0. The molecular weight excluding hydrogens is 530 g/mol. The van der Waals surface area contributed by atoms with Crippen LogP contribution in [0.3, 0.4) is 0 Å². The molecule has 0 aromatic heterocycles. The quantitative estimate of drug-likeness (QED) is 0.217. The second kappa shape index (κ2) is 12.2. The normalized spacial score (nSPS) is 21.8. The van der Waals surface area contributed by atoms with Gasteiger partial charge in [0.1, 0.15) is 17.8 Å². The Morgan fingerprint density at radius 2 is 1.03 bits per heavy atom. The summed E-state index contributed by atoms with van der Waals surface area (Å²) in [4.78, 5) is 0. The van der Waals surface area contributed by atoms with Gasteiger partial charge in [0.05, 0.1) is 0 Å². The van der Waals surface area contributed by atoms with Gasteiger partial charge in [-0.1, -0.05) is 81.7 Å². The van der Waals surface area contributed by atoms with Crippen LogP contribution < -0.4 is 4.18 Å². The summed E-state index contributed by atoms with van der Waals surface area (Å²) >= 11 is -1.38. The van der Waals surface area contributed by atoms with Crippen molar-refractivity contribution in [2.75, 3.05) is 6.26 Å². The van der Waals surface area contributed by atoms with Gasteiger partial charge in [-0.25, -0.2) is 0 Å². The lowest BCUT2D eigenvalue weighted by Crippen LogP contribution is -2.50. The minimum atomic E-state index is -5.57. The molecule has 1 aromatic carbocycles. The standard InChI is InChI=1S/C28H38F6OS2/c1-36-27(31,32)26(29,30)28(33,34)37-35-25-23(20-13-7-3-8-14-20)17-22(19-11-5-2-6-12-19)18-24(25)21-15-9-4-10-16-21/h17-21H,2-16H2,1H3. The molecule has 3 saturated carbocycles. The second-order valence-corrected chi connectivity index (χ2v) is 12.8. The molecule has 3 aliphatic rings. The first-order valence-corrected chi connectivity index (χ1v) is 15.8. The fourth-order valence-corrected chi connectivity index (χ4v) is 7.41. The van der Waals surface area contributed by atoms with E-state index in [0.717, 1.165) is 101 Å². The topological polar surface area (TPSA) is 9.23 Å². The predicted molar refractivity (Wildman–Crippen MR) is 140 cm³/mol. The molecular formula is C28H38F6OS2. The molecule has 0 radical (unpaired) electrons. The first-order chi connectivity index (χ1) is 17.6. The van der Waals surface area contributed by atoms with Gasteiger partial charge >= 0.3 is 16.4 Å². The summed E-state index contributed by atoms with van der Waals surface area (Å²) in [5.74, 6) is -4.76. The molecule has 0 aliphatic heterocycles. The van der Waals surface area contributed by atoms with Crippen molar-refractivity contribution in [2.45, 2.75) is 130 Å². The molecule has 0 N–H and O–H groups in total. The van der Waals surface area contributed by atoms with Gasteiger partial charge in [0, 0.05) is 0 Å². The van der Waals surface area contributed by atoms with Crippen LogP contribution in [-0.4, -0.2) is 22.7 Å². The van der Waals surface area contributed by atoms with Crippen molar-refractivity contribution in [1.82, 2.24) is 0 Å². The number of alkyl halides is 6. The SMILES string of the molecule is CSC(F)(F)C(F)(F)C(F)(F)SOc1c(C2CCCCC2)cc(C2CCCCC2)cc1C1CCCCC1. The second-order valence-electron chi connectivity index (χ2n) is 11.0. The third-order valence-corrected chi connectivity index (χ3v) is 10.0. The molecule has 37 heavy (non-hydrogen) atoms. The molecule has 4 rings (SSSR count). The molecule has 0 amide bonds. The third-order valence-electron chi connectivity index (χ3n) is 8.55. The maximum atomic E-state index is 14.7. The largest absolute Gasteiger partial charge is 0.419 e. The molecule has 0 heterocycles. The van der Waals surface area contributed by atoms with Crippen molar-refractivity contribution >= 4 is 23.8 Å². The molecule has 0 unspecified atom stereocenters. The maximum absolute atomic E-state index is 14.7. The van der Waals surface area contributed by atoms with E-state index in [-0.39, 0.29) is 17.6 Å². The highest BCUT2D eigenvalue weighted by Gasteiger charge is 2.73. The van der Waals surface area contributed by atoms with Crippen molar-refractivity contribution in [3.63, 3.8) is 0 Å². The van der Waals surface area contributed by atoms with Gasteiger partial charge < -0.3 is 4.18 Å². The molecule has 1 aromatic rings. The molecule has 9 heteroatoms. The lowest BCUT2D eigenvalue weighted by molar-refractivity contribution is -0.238. The summed E-state index contributed by atoms with van der Waals surface area (Å²) in [6, 6.07) is 4.14. The van der Waals surface area contributed by atoms with E-state index in [0.29, 0.717) is 12.2 Å². The monoisotopic (exact) mass is 568 g/mol. The Labute approximate surface area is 225 Å². The summed E-state index contributed by atoms with van der Waals surface area (Å²) in [5.41, 5.74) is 2.82. The van der Waals surface area contributed by atoms with Gasteiger partial charge in [-0.3, -0.25) is 0 Å². The molecule has 0 spiro atoms. The highest BCUT2D eigenvalue weighted by Crippen LogP contribution is 2.56. The van der Waals surface area contributed by atoms with Crippen molar-refractivity contribution in [2.24, 2.45) is 0 Å². The van der Waals surface area contributed by atoms with Crippen LogP contribution in [0.4, 0.5) is 26.3 Å². The molecule has 0 bridgehead atoms. The number of benzene rings is 1. The van der Waals surface area contributed by atoms with E-state index >= 15 is 0 Å². The lowest BCUT2D eigenvalue weighted by Gasteiger charge is -2.33. The zero-order valence-corrected chi connectivity index (χ0v) is 23.1. The average Bonchev–Trinajstić information content (AvgIpc) is 2.92. The fourth-order valence-electron chi connectivity index (χ4n) is 6.34. The number of thioether (sulfide) groups is 1. The van der Waals surface area contributed by atoms with E-state index in [2.05, 4.69) is 12.1 Å². The summed E-state index contributed by atoms with van der Waals surface area (Å²) in [6.45, 7) is 0. The van der Waals surface area contributed by atoms with E-state index in [4.69, 9.17) is 4.18 Å². The third kappa shape index (κ3) is 6.38. The van der Waals surface area contributed by atoms with E-state index in [9.17, 15) is 26.3 Å². The summed E-state index contributed by atoms with van der Waals surface area (Å²) in [6.07, 6.45) is 16.2. The van der Waals surface area contributed by atoms with Gasteiger partial charge in [0.2, 0.25) is 0 Å².